The lowest BCUT2D eigenvalue weighted by atomic mass is 9.99. The van der Waals surface area contributed by atoms with E-state index in [1.807, 2.05) is 6.08 Å². The van der Waals surface area contributed by atoms with Gasteiger partial charge in [-0.05, 0) is 44.9 Å². The molecule has 0 radical (unpaired) electrons. The summed E-state index contributed by atoms with van der Waals surface area (Å²) in [6.07, 6.45) is 33.6. The second-order valence-corrected chi connectivity index (χ2v) is 15.5. The molecule has 0 aliphatic carbocycles. The van der Waals surface area contributed by atoms with Gasteiger partial charge in [0.25, 0.3) is 0 Å². The second kappa shape index (κ2) is 35.1. The summed E-state index contributed by atoms with van der Waals surface area (Å²) < 4.78 is 11.2. The van der Waals surface area contributed by atoms with Gasteiger partial charge < -0.3 is 40.3 Å². The standard InChI is InChI=1S/C44H83NO8/c1-3-5-7-9-11-13-15-17-18-19-20-22-23-25-27-29-31-33-38(47)37(36-52-44-43(51)42(50)41(49)39(35-46)53-44)45-40(48)34-32-30-28-26-24-21-16-14-12-10-8-6-4-2/h21,24,31,33,37-39,41-44,46-47,49-51H,3-20,22-23,25-30,32,34-36H2,1-2H3,(H,45,48)/b24-21-,33-31+. The number of unbranched alkanes of at least 4 members (excludes halogenated alkanes) is 24. The molecule has 312 valence electrons. The summed E-state index contributed by atoms with van der Waals surface area (Å²) in [6.45, 7) is 3.75. The lowest BCUT2D eigenvalue weighted by molar-refractivity contribution is -0.302. The summed E-state index contributed by atoms with van der Waals surface area (Å²) in [5, 5.41) is 54.1. The maximum absolute atomic E-state index is 12.9. The van der Waals surface area contributed by atoms with Gasteiger partial charge in [0, 0.05) is 6.42 Å². The molecule has 0 saturated carbocycles. The van der Waals surface area contributed by atoms with Gasteiger partial charge in [0.05, 0.1) is 25.4 Å². The van der Waals surface area contributed by atoms with Crippen LogP contribution < -0.4 is 5.32 Å². The van der Waals surface area contributed by atoms with Crippen molar-refractivity contribution in [2.45, 2.75) is 236 Å². The summed E-state index contributed by atoms with van der Waals surface area (Å²) >= 11 is 0. The third-order valence-electron chi connectivity index (χ3n) is 10.5. The fraction of sp³-hybridized carbons (Fsp3) is 0.886. The quantitative estimate of drug-likeness (QED) is 0.0275. The summed E-state index contributed by atoms with van der Waals surface area (Å²) in [7, 11) is 0. The predicted molar refractivity (Wildman–Crippen MR) is 217 cm³/mol. The molecule has 1 heterocycles. The van der Waals surface area contributed by atoms with Gasteiger partial charge in [0.1, 0.15) is 24.4 Å². The lowest BCUT2D eigenvalue weighted by Crippen LogP contribution is -2.60. The normalized spacial score (nSPS) is 21.8. The van der Waals surface area contributed by atoms with E-state index in [4.69, 9.17) is 9.47 Å². The number of rotatable bonds is 36. The zero-order valence-electron chi connectivity index (χ0n) is 34.0. The van der Waals surface area contributed by atoms with Crippen LogP contribution in [-0.4, -0.2) is 87.5 Å². The minimum absolute atomic E-state index is 0.192. The number of nitrogens with one attached hydrogen (secondary N) is 1. The van der Waals surface area contributed by atoms with Gasteiger partial charge in [-0.15, -0.1) is 0 Å². The number of aliphatic hydroxyl groups excluding tert-OH is 5. The first-order chi connectivity index (χ1) is 25.8. The molecule has 9 nitrogen and oxygen atoms in total. The van der Waals surface area contributed by atoms with Gasteiger partial charge in [0.2, 0.25) is 5.91 Å². The van der Waals surface area contributed by atoms with Gasteiger partial charge in [0.15, 0.2) is 6.29 Å². The van der Waals surface area contributed by atoms with Crippen LogP contribution in [0.5, 0.6) is 0 Å². The molecule has 7 atom stereocenters. The Balaban J connectivity index is 2.39. The number of aliphatic hydroxyl groups is 5. The van der Waals surface area contributed by atoms with Crippen LogP contribution in [0.15, 0.2) is 24.3 Å². The molecule has 53 heavy (non-hydrogen) atoms. The molecular formula is C44H83NO8. The largest absolute Gasteiger partial charge is 0.394 e. The molecule has 0 aromatic carbocycles. The Morgan fingerprint density at radius 3 is 1.53 bits per heavy atom. The van der Waals surface area contributed by atoms with Crippen LogP contribution in [0.25, 0.3) is 0 Å². The number of allylic oxidation sites excluding steroid dienone is 3. The van der Waals surface area contributed by atoms with Crippen molar-refractivity contribution in [1.29, 1.82) is 0 Å². The van der Waals surface area contributed by atoms with Gasteiger partial charge in [-0.1, -0.05) is 167 Å². The van der Waals surface area contributed by atoms with E-state index < -0.39 is 49.5 Å². The highest BCUT2D eigenvalue weighted by Crippen LogP contribution is 2.22. The molecule has 1 aliphatic rings. The number of hydrogen-bond donors (Lipinski definition) is 6. The Labute approximate surface area is 324 Å². The van der Waals surface area contributed by atoms with Crippen LogP contribution in [0.3, 0.4) is 0 Å². The lowest BCUT2D eigenvalue weighted by Gasteiger charge is -2.40. The molecule has 1 fully saturated rings. The van der Waals surface area contributed by atoms with E-state index in [-0.39, 0.29) is 12.5 Å². The van der Waals surface area contributed by atoms with E-state index in [0.29, 0.717) is 6.42 Å². The van der Waals surface area contributed by atoms with Crippen LogP contribution in [-0.2, 0) is 14.3 Å². The second-order valence-electron chi connectivity index (χ2n) is 15.5. The molecule has 0 bridgehead atoms. The van der Waals surface area contributed by atoms with Crippen molar-refractivity contribution >= 4 is 5.91 Å². The minimum Gasteiger partial charge on any atom is -0.394 e. The van der Waals surface area contributed by atoms with Gasteiger partial charge in [-0.3, -0.25) is 4.79 Å². The molecule has 7 unspecified atom stereocenters. The van der Waals surface area contributed by atoms with E-state index in [2.05, 4.69) is 31.3 Å². The molecule has 0 spiro atoms. The highest BCUT2D eigenvalue weighted by atomic mass is 16.7. The van der Waals surface area contributed by atoms with Crippen LogP contribution in [0.2, 0.25) is 0 Å². The number of hydrogen-bond acceptors (Lipinski definition) is 8. The average Bonchev–Trinajstić information content (AvgIpc) is 3.16. The van der Waals surface area contributed by atoms with Crippen molar-refractivity contribution in [3.05, 3.63) is 24.3 Å². The molecule has 1 saturated heterocycles. The number of carbonyl (C=O) groups excluding carboxylic acids is 1. The van der Waals surface area contributed by atoms with E-state index in [1.54, 1.807) is 6.08 Å². The Morgan fingerprint density at radius 1 is 0.623 bits per heavy atom. The fourth-order valence-corrected chi connectivity index (χ4v) is 6.91. The minimum atomic E-state index is -1.57. The smallest absolute Gasteiger partial charge is 0.220 e. The third-order valence-corrected chi connectivity index (χ3v) is 10.5. The average molecular weight is 754 g/mol. The maximum atomic E-state index is 12.9. The molecule has 1 aliphatic heterocycles. The van der Waals surface area contributed by atoms with Gasteiger partial charge in [-0.2, -0.15) is 0 Å². The summed E-state index contributed by atoms with van der Waals surface area (Å²) in [5.41, 5.74) is 0. The monoisotopic (exact) mass is 754 g/mol. The SMILES string of the molecule is CCCCCCCC/C=C\CCCCCC(=O)NC(COC1OC(CO)C(O)C(O)C1O)C(O)/C=C/CCCCCCCCCCCCCCCCC. The zero-order valence-corrected chi connectivity index (χ0v) is 34.0. The first-order valence-corrected chi connectivity index (χ1v) is 22.1. The van der Waals surface area contributed by atoms with Crippen LogP contribution in [0.4, 0.5) is 0 Å². The molecule has 6 N–H and O–H groups in total. The van der Waals surface area contributed by atoms with Gasteiger partial charge >= 0.3 is 0 Å². The Morgan fingerprint density at radius 2 is 1.06 bits per heavy atom. The van der Waals surface area contributed by atoms with Crippen LogP contribution in [0, 0.1) is 0 Å². The molecule has 9 heteroatoms. The van der Waals surface area contributed by atoms with Crippen molar-refractivity contribution in [2.75, 3.05) is 13.2 Å². The van der Waals surface area contributed by atoms with Crippen molar-refractivity contribution in [2.24, 2.45) is 0 Å². The van der Waals surface area contributed by atoms with Crippen molar-refractivity contribution in [1.82, 2.24) is 5.32 Å². The van der Waals surface area contributed by atoms with Crippen molar-refractivity contribution in [3.8, 4) is 0 Å². The van der Waals surface area contributed by atoms with Crippen molar-refractivity contribution < 1.29 is 39.8 Å². The van der Waals surface area contributed by atoms with Crippen LogP contribution in [0.1, 0.15) is 194 Å². The van der Waals surface area contributed by atoms with Gasteiger partial charge in [-0.25, -0.2) is 0 Å². The predicted octanol–water partition coefficient (Wildman–Crippen LogP) is 8.72. The van der Waals surface area contributed by atoms with E-state index in [9.17, 15) is 30.3 Å². The number of amides is 1. The molecule has 0 aromatic rings. The fourth-order valence-electron chi connectivity index (χ4n) is 6.91. The Kier molecular flexibility index (Phi) is 32.9. The van der Waals surface area contributed by atoms with E-state index >= 15 is 0 Å². The van der Waals surface area contributed by atoms with Crippen LogP contribution >= 0.6 is 0 Å². The Hall–Kier alpha value is -1.33. The summed E-state index contributed by atoms with van der Waals surface area (Å²) in [5.74, 6) is -0.194. The van der Waals surface area contributed by atoms with Crippen molar-refractivity contribution in [3.63, 3.8) is 0 Å². The summed E-state index contributed by atoms with van der Waals surface area (Å²) in [4.78, 5) is 12.9. The van der Waals surface area contributed by atoms with E-state index in [1.165, 1.54) is 122 Å². The summed E-state index contributed by atoms with van der Waals surface area (Å²) in [6, 6.07) is -0.808. The molecule has 1 rings (SSSR count). The Bertz CT molecular complexity index is 883. The molecule has 1 amide bonds. The third kappa shape index (κ3) is 26.2. The topological polar surface area (TPSA) is 149 Å². The number of ether oxygens (including phenoxy) is 2. The molecule has 0 aromatic heterocycles. The maximum Gasteiger partial charge on any atom is 0.220 e. The zero-order chi connectivity index (χ0) is 38.8. The first kappa shape index (κ1) is 49.7. The van der Waals surface area contributed by atoms with E-state index in [0.717, 1.165) is 51.4 Å². The first-order valence-electron chi connectivity index (χ1n) is 22.1. The highest BCUT2D eigenvalue weighted by molar-refractivity contribution is 5.76. The highest BCUT2D eigenvalue weighted by Gasteiger charge is 2.44. The number of carbonyl (C=O) groups is 1. The molecular weight excluding hydrogens is 670 g/mol.